The molecule has 1 saturated carbocycles. The van der Waals surface area contributed by atoms with Crippen molar-refractivity contribution in [1.29, 1.82) is 0 Å². The van der Waals surface area contributed by atoms with Crippen LogP contribution >= 0.6 is 0 Å². The maximum Gasteiger partial charge on any atom is 0.246 e. The Morgan fingerprint density at radius 2 is 1.78 bits per heavy atom. The summed E-state index contributed by atoms with van der Waals surface area (Å²) in [6.45, 7) is 0.647. The van der Waals surface area contributed by atoms with Crippen LogP contribution < -0.4 is 10.9 Å². The van der Waals surface area contributed by atoms with Crippen LogP contribution in [0.2, 0.25) is 0 Å². The molecule has 3 aliphatic rings. The lowest BCUT2D eigenvalue weighted by molar-refractivity contribution is -0.134. The number of carbonyl (C=O) groups excluding carboxylic acids is 1. The third kappa shape index (κ3) is 3.71. The number of hydrogen-bond donors (Lipinski definition) is 2. The molecule has 10 heteroatoms. The zero-order valence-electron chi connectivity index (χ0n) is 14.7. The van der Waals surface area contributed by atoms with E-state index >= 15 is 0 Å². The summed E-state index contributed by atoms with van der Waals surface area (Å²) in [5.41, 5.74) is 6.22. The van der Waals surface area contributed by atoms with Crippen molar-refractivity contribution >= 4 is 15.9 Å². The summed E-state index contributed by atoms with van der Waals surface area (Å²) < 4.78 is 53.3. The highest BCUT2D eigenvalue weighted by atomic mass is 32.2. The first-order chi connectivity index (χ1) is 12.9. The van der Waals surface area contributed by atoms with E-state index < -0.39 is 26.6 Å². The van der Waals surface area contributed by atoms with Crippen molar-refractivity contribution in [1.82, 2.24) is 20.1 Å². The maximum absolute atomic E-state index is 13.9. The summed E-state index contributed by atoms with van der Waals surface area (Å²) in [5, 5.41) is 0. The van der Waals surface area contributed by atoms with E-state index in [-0.39, 0.29) is 38.1 Å². The van der Waals surface area contributed by atoms with E-state index in [2.05, 4.69) is 10.9 Å². The molecule has 1 amide bonds. The molecule has 2 aliphatic heterocycles. The highest BCUT2D eigenvalue weighted by Crippen LogP contribution is 2.35. The van der Waals surface area contributed by atoms with Crippen molar-refractivity contribution in [2.75, 3.05) is 26.2 Å². The van der Waals surface area contributed by atoms with Crippen molar-refractivity contribution in [3.8, 4) is 0 Å². The van der Waals surface area contributed by atoms with Gasteiger partial charge in [-0.3, -0.25) is 10.2 Å². The number of carbonyl (C=O) groups is 1. The van der Waals surface area contributed by atoms with Crippen LogP contribution in [0.25, 0.3) is 0 Å². The summed E-state index contributed by atoms with van der Waals surface area (Å²) in [5.74, 6) is -1.34. The molecule has 1 aromatic carbocycles. The van der Waals surface area contributed by atoms with Crippen LogP contribution in [0.3, 0.4) is 0 Å². The Kier molecular flexibility index (Phi) is 4.91. The van der Waals surface area contributed by atoms with Gasteiger partial charge in [-0.05, 0) is 37.3 Å². The third-order valence-corrected chi connectivity index (χ3v) is 7.42. The molecule has 1 aliphatic carbocycles. The summed E-state index contributed by atoms with van der Waals surface area (Å²) >= 11 is 0. The van der Waals surface area contributed by atoms with Crippen molar-refractivity contribution in [2.24, 2.45) is 5.92 Å². The van der Waals surface area contributed by atoms with E-state index in [1.807, 2.05) is 0 Å². The number of hydrogen-bond acceptors (Lipinski definition) is 5. The predicted octanol–water partition coefficient (Wildman–Crippen LogP) is 0.443. The fourth-order valence-electron chi connectivity index (χ4n) is 3.74. The molecule has 1 aromatic rings. The summed E-state index contributed by atoms with van der Waals surface area (Å²) in [6.07, 6.45) is 3.12. The zero-order chi connectivity index (χ0) is 19.2. The second-order valence-electron chi connectivity index (χ2n) is 7.33. The molecule has 2 heterocycles. The first-order valence-electron chi connectivity index (χ1n) is 9.11. The molecule has 2 unspecified atom stereocenters. The Bertz CT molecular complexity index is 839. The SMILES string of the molecule is O=C(C1CC(C2CC2)NN1)N1CCN(S(=O)(=O)c2ccc(F)cc2F)CC1. The molecule has 7 nitrogen and oxygen atoms in total. The van der Waals surface area contributed by atoms with Crippen molar-refractivity contribution in [3.05, 3.63) is 29.8 Å². The van der Waals surface area contributed by atoms with E-state index in [1.165, 1.54) is 12.8 Å². The smallest absolute Gasteiger partial charge is 0.246 e. The summed E-state index contributed by atoms with van der Waals surface area (Å²) in [4.78, 5) is 13.8. The average Bonchev–Trinajstić information content (AvgIpc) is 3.38. The minimum absolute atomic E-state index is 0.0457. The van der Waals surface area contributed by atoms with Gasteiger partial charge in [-0.2, -0.15) is 4.31 Å². The number of benzene rings is 1. The van der Waals surface area contributed by atoms with Gasteiger partial charge in [0.25, 0.3) is 0 Å². The fourth-order valence-corrected chi connectivity index (χ4v) is 5.21. The standard InChI is InChI=1S/C17H22F2N4O3S/c18-12-3-4-16(13(19)9-12)27(25,26)23-7-5-22(6-8-23)17(24)15-10-14(20-21-15)11-1-2-11/h3-4,9,11,14-15,20-21H,1-2,5-8,10H2. The molecule has 4 rings (SSSR count). The molecule has 148 valence electrons. The van der Waals surface area contributed by atoms with Gasteiger partial charge in [0.2, 0.25) is 15.9 Å². The maximum atomic E-state index is 13.9. The van der Waals surface area contributed by atoms with E-state index in [0.29, 0.717) is 18.0 Å². The Labute approximate surface area is 156 Å². The number of piperazine rings is 1. The second-order valence-corrected chi connectivity index (χ2v) is 9.23. The van der Waals surface area contributed by atoms with Gasteiger partial charge in [0.1, 0.15) is 22.6 Å². The van der Waals surface area contributed by atoms with Gasteiger partial charge < -0.3 is 4.90 Å². The number of sulfonamides is 1. The molecule has 0 bridgehead atoms. The minimum Gasteiger partial charge on any atom is -0.339 e. The van der Waals surface area contributed by atoms with E-state index in [0.717, 1.165) is 22.9 Å². The zero-order valence-corrected chi connectivity index (χ0v) is 15.5. The predicted molar refractivity (Wildman–Crippen MR) is 92.9 cm³/mol. The number of amides is 1. The molecular formula is C17H22F2N4O3S. The Hall–Kier alpha value is -1.62. The average molecular weight is 400 g/mol. The highest BCUT2D eigenvalue weighted by Gasteiger charge is 2.41. The molecule has 2 N–H and O–H groups in total. The summed E-state index contributed by atoms with van der Waals surface area (Å²) in [7, 11) is -4.06. The molecule has 27 heavy (non-hydrogen) atoms. The quantitative estimate of drug-likeness (QED) is 0.767. The van der Waals surface area contributed by atoms with Crippen LogP contribution in [0.15, 0.2) is 23.1 Å². The lowest BCUT2D eigenvalue weighted by atomic mass is 10.1. The first kappa shape index (κ1) is 18.7. The summed E-state index contributed by atoms with van der Waals surface area (Å²) in [6, 6.07) is 2.44. The lowest BCUT2D eigenvalue weighted by Crippen LogP contribution is -2.54. The molecule has 0 radical (unpaired) electrons. The van der Waals surface area contributed by atoms with Crippen molar-refractivity contribution in [3.63, 3.8) is 0 Å². The van der Waals surface area contributed by atoms with Gasteiger partial charge in [-0.1, -0.05) is 0 Å². The van der Waals surface area contributed by atoms with Gasteiger partial charge in [0, 0.05) is 38.3 Å². The lowest BCUT2D eigenvalue weighted by Gasteiger charge is -2.35. The van der Waals surface area contributed by atoms with Crippen LogP contribution in [-0.2, 0) is 14.8 Å². The highest BCUT2D eigenvalue weighted by molar-refractivity contribution is 7.89. The molecule has 2 saturated heterocycles. The number of halogens is 2. The Balaban J connectivity index is 1.37. The number of rotatable bonds is 4. The van der Waals surface area contributed by atoms with Gasteiger partial charge in [-0.25, -0.2) is 22.6 Å². The van der Waals surface area contributed by atoms with Crippen molar-refractivity contribution in [2.45, 2.75) is 36.2 Å². The van der Waals surface area contributed by atoms with Crippen LogP contribution in [0.5, 0.6) is 0 Å². The second kappa shape index (κ2) is 7.08. The Morgan fingerprint density at radius 1 is 1.07 bits per heavy atom. The van der Waals surface area contributed by atoms with Crippen LogP contribution in [0.1, 0.15) is 19.3 Å². The number of hydrazine groups is 1. The van der Waals surface area contributed by atoms with Gasteiger partial charge in [0.15, 0.2) is 0 Å². The normalized spacial score (nSPS) is 27.1. The van der Waals surface area contributed by atoms with E-state index in [9.17, 15) is 22.0 Å². The molecule has 3 fully saturated rings. The van der Waals surface area contributed by atoms with Crippen molar-refractivity contribution < 1.29 is 22.0 Å². The molecule has 0 spiro atoms. The number of nitrogens with zero attached hydrogens (tertiary/aromatic N) is 2. The van der Waals surface area contributed by atoms with Gasteiger partial charge >= 0.3 is 0 Å². The first-order valence-corrected chi connectivity index (χ1v) is 10.6. The van der Waals surface area contributed by atoms with Crippen LogP contribution in [0, 0.1) is 17.6 Å². The minimum atomic E-state index is -4.06. The Morgan fingerprint density at radius 3 is 2.41 bits per heavy atom. The van der Waals surface area contributed by atoms with Crippen LogP contribution in [0.4, 0.5) is 8.78 Å². The largest absolute Gasteiger partial charge is 0.339 e. The monoisotopic (exact) mass is 400 g/mol. The fraction of sp³-hybridized carbons (Fsp3) is 0.588. The third-order valence-electron chi connectivity index (χ3n) is 5.48. The van der Waals surface area contributed by atoms with E-state index in [4.69, 9.17) is 0 Å². The molecular weight excluding hydrogens is 378 g/mol. The van der Waals surface area contributed by atoms with E-state index in [1.54, 1.807) is 4.90 Å². The van der Waals surface area contributed by atoms with Crippen LogP contribution in [-0.4, -0.2) is 61.8 Å². The topological polar surface area (TPSA) is 81.8 Å². The van der Waals surface area contributed by atoms with Gasteiger partial charge in [0.05, 0.1) is 0 Å². The van der Waals surface area contributed by atoms with Gasteiger partial charge in [-0.15, -0.1) is 0 Å². The number of nitrogens with one attached hydrogen (secondary N) is 2. The molecule has 2 atom stereocenters. The molecule has 0 aromatic heterocycles.